The molecule has 7 heteroatoms. The monoisotopic (exact) mass is 289 g/mol. The van der Waals surface area contributed by atoms with Crippen molar-refractivity contribution in [1.29, 1.82) is 0 Å². The minimum Gasteiger partial charge on any atom is -0.326 e. The molecule has 1 heterocycles. The Bertz CT molecular complexity index is 526. The predicted molar refractivity (Wildman–Crippen MR) is 71.4 cm³/mol. The van der Waals surface area contributed by atoms with Crippen LogP contribution >= 0.6 is 0 Å². The second-order valence-corrected chi connectivity index (χ2v) is 7.35. The van der Waals surface area contributed by atoms with Crippen molar-refractivity contribution in [2.75, 3.05) is 6.54 Å². The van der Waals surface area contributed by atoms with Crippen LogP contribution in [0.25, 0.3) is 0 Å². The summed E-state index contributed by atoms with van der Waals surface area (Å²) < 4.78 is 39.4. The van der Waals surface area contributed by atoms with Gasteiger partial charge in [0.25, 0.3) is 10.0 Å². The zero-order valence-electron chi connectivity index (χ0n) is 11.4. The molecule has 0 amide bonds. The third-order valence-corrected chi connectivity index (χ3v) is 3.75. The van der Waals surface area contributed by atoms with E-state index >= 15 is 0 Å². The molecule has 0 bridgehead atoms. The van der Waals surface area contributed by atoms with Crippen molar-refractivity contribution in [2.45, 2.75) is 38.3 Å². The minimum absolute atomic E-state index is 0.00110. The van der Waals surface area contributed by atoms with Crippen LogP contribution in [0, 0.1) is 11.2 Å². The molecule has 0 radical (unpaired) electrons. The SMILES string of the molecule is CC(C)(C)CC(N)CNS(=O)(=O)c1ncccc1F. The second kappa shape index (κ2) is 5.94. The molecule has 3 N–H and O–H groups in total. The smallest absolute Gasteiger partial charge is 0.261 e. The summed E-state index contributed by atoms with van der Waals surface area (Å²) in [6.07, 6.45) is 1.88. The molecule has 0 fully saturated rings. The summed E-state index contributed by atoms with van der Waals surface area (Å²) >= 11 is 0. The summed E-state index contributed by atoms with van der Waals surface area (Å²) in [6.45, 7) is 6.09. The van der Waals surface area contributed by atoms with Crippen molar-refractivity contribution >= 4 is 10.0 Å². The van der Waals surface area contributed by atoms with E-state index < -0.39 is 20.9 Å². The molecule has 0 saturated carbocycles. The summed E-state index contributed by atoms with van der Waals surface area (Å²) in [5.74, 6) is -0.876. The third kappa shape index (κ3) is 5.22. The van der Waals surface area contributed by atoms with Gasteiger partial charge in [-0.3, -0.25) is 0 Å². The first-order valence-corrected chi connectivity index (χ1v) is 7.46. The van der Waals surface area contributed by atoms with Gasteiger partial charge in [0.15, 0.2) is 5.82 Å². The number of sulfonamides is 1. The Labute approximate surface area is 113 Å². The Balaban J connectivity index is 2.70. The third-order valence-electron chi connectivity index (χ3n) is 2.39. The molecule has 0 aliphatic rings. The van der Waals surface area contributed by atoms with Gasteiger partial charge in [0.2, 0.25) is 5.03 Å². The van der Waals surface area contributed by atoms with E-state index in [-0.39, 0.29) is 18.0 Å². The van der Waals surface area contributed by atoms with Gasteiger partial charge in [-0.2, -0.15) is 0 Å². The van der Waals surface area contributed by atoms with Gasteiger partial charge >= 0.3 is 0 Å². The van der Waals surface area contributed by atoms with E-state index in [0.717, 1.165) is 6.07 Å². The predicted octanol–water partition coefficient (Wildman–Crippen LogP) is 1.26. The van der Waals surface area contributed by atoms with Crippen molar-refractivity contribution in [3.05, 3.63) is 24.1 Å². The summed E-state index contributed by atoms with van der Waals surface area (Å²) in [5.41, 5.74) is 5.84. The Hall–Kier alpha value is -1.05. The Morgan fingerprint density at radius 3 is 2.63 bits per heavy atom. The highest BCUT2D eigenvalue weighted by Crippen LogP contribution is 2.19. The molecule has 5 nitrogen and oxygen atoms in total. The number of rotatable bonds is 5. The lowest BCUT2D eigenvalue weighted by Gasteiger charge is -2.23. The minimum atomic E-state index is -3.96. The summed E-state index contributed by atoms with van der Waals surface area (Å²) in [7, 11) is -3.96. The van der Waals surface area contributed by atoms with E-state index in [9.17, 15) is 12.8 Å². The first-order chi connectivity index (χ1) is 8.62. The number of nitrogens with one attached hydrogen (secondary N) is 1. The molecule has 1 unspecified atom stereocenters. The number of hydrogen-bond donors (Lipinski definition) is 2. The number of aromatic nitrogens is 1. The van der Waals surface area contributed by atoms with E-state index in [1.54, 1.807) is 0 Å². The van der Waals surface area contributed by atoms with Crippen molar-refractivity contribution in [3.63, 3.8) is 0 Å². The van der Waals surface area contributed by atoms with Gasteiger partial charge in [-0.15, -0.1) is 0 Å². The number of halogens is 1. The van der Waals surface area contributed by atoms with Crippen LogP contribution in [0.15, 0.2) is 23.4 Å². The molecule has 1 atom stereocenters. The average Bonchev–Trinajstić information content (AvgIpc) is 2.24. The van der Waals surface area contributed by atoms with Crippen LogP contribution in [0.1, 0.15) is 27.2 Å². The zero-order chi connectivity index (χ0) is 14.7. The van der Waals surface area contributed by atoms with Crippen LogP contribution in [0.4, 0.5) is 4.39 Å². The van der Waals surface area contributed by atoms with Gasteiger partial charge in [-0.1, -0.05) is 20.8 Å². The standard InChI is InChI=1S/C12H20FN3O2S/c1-12(2,3)7-9(14)8-16-19(17,18)11-10(13)5-4-6-15-11/h4-6,9,16H,7-8,14H2,1-3H3. The first kappa shape index (κ1) is 16.0. The quantitative estimate of drug-likeness (QED) is 0.854. The van der Waals surface area contributed by atoms with Crippen molar-refractivity contribution < 1.29 is 12.8 Å². The van der Waals surface area contributed by atoms with Gasteiger partial charge in [0.05, 0.1) is 0 Å². The van der Waals surface area contributed by atoms with E-state index in [0.29, 0.717) is 6.42 Å². The summed E-state index contributed by atoms with van der Waals surface area (Å²) in [5, 5.41) is -0.599. The van der Waals surface area contributed by atoms with E-state index in [1.807, 2.05) is 20.8 Å². The molecule has 0 aliphatic carbocycles. The fourth-order valence-electron chi connectivity index (χ4n) is 1.71. The maximum atomic E-state index is 13.4. The van der Waals surface area contributed by atoms with Crippen molar-refractivity contribution in [1.82, 2.24) is 9.71 Å². The Morgan fingerprint density at radius 1 is 1.47 bits per heavy atom. The molecule has 0 aromatic carbocycles. The molecule has 0 aliphatic heterocycles. The van der Waals surface area contributed by atoms with Crippen molar-refractivity contribution in [2.24, 2.45) is 11.1 Å². The highest BCUT2D eigenvalue weighted by Gasteiger charge is 2.22. The van der Waals surface area contributed by atoms with Crippen LogP contribution < -0.4 is 10.5 Å². The van der Waals surface area contributed by atoms with Crippen LogP contribution in [0.3, 0.4) is 0 Å². The molecule has 19 heavy (non-hydrogen) atoms. The van der Waals surface area contributed by atoms with Gasteiger partial charge in [0.1, 0.15) is 0 Å². The molecular formula is C12H20FN3O2S. The van der Waals surface area contributed by atoms with Crippen LogP contribution in [0.5, 0.6) is 0 Å². The van der Waals surface area contributed by atoms with Gasteiger partial charge in [-0.05, 0) is 24.0 Å². The fraction of sp³-hybridized carbons (Fsp3) is 0.583. The molecule has 1 aromatic rings. The van der Waals surface area contributed by atoms with E-state index in [1.165, 1.54) is 12.3 Å². The lowest BCUT2D eigenvalue weighted by molar-refractivity contribution is 0.338. The summed E-state index contributed by atoms with van der Waals surface area (Å²) in [6, 6.07) is 2.05. The Kier molecular flexibility index (Phi) is 5.00. The van der Waals surface area contributed by atoms with Gasteiger partial charge in [0, 0.05) is 18.8 Å². The summed E-state index contributed by atoms with van der Waals surface area (Å²) in [4.78, 5) is 3.54. The molecule has 1 aromatic heterocycles. The largest absolute Gasteiger partial charge is 0.326 e. The topological polar surface area (TPSA) is 85.1 Å². The molecule has 108 valence electrons. The molecule has 0 saturated heterocycles. The Morgan fingerprint density at radius 2 is 2.11 bits per heavy atom. The lowest BCUT2D eigenvalue weighted by atomic mass is 9.88. The van der Waals surface area contributed by atoms with Gasteiger partial charge in [-0.25, -0.2) is 22.5 Å². The normalized spacial score (nSPS) is 14.4. The fourth-order valence-corrected chi connectivity index (χ4v) is 2.81. The highest BCUT2D eigenvalue weighted by atomic mass is 32.2. The maximum Gasteiger partial charge on any atom is 0.261 e. The maximum absolute atomic E-state index is 13.4. The van der Waals surface area contributed by atoms with Gasteiger partial charge < -0.3 is 5.73 Å². The van der Waals surface area contributed by atoms with Crippen LogP contribution in [-0.4, -0.2) is 26.0 Å². The second-order valence-electron chi connectivity index (χ2n) is 5.67. The van der Waals surface area contributed by atoms with E-state index in [2.05, 4.69) is 9.71 Å². The number of pyridine rings is 1. The van der Waals surface area contributed by atoms with Crippen LogP contribution in [0.2, 0.25) is 0 Å². The van der Waals surface area contributed by atoms with Crippen molar-refractivity contribution in [3.8, 4) is 0 Å². The molecule has 0 spiro atoms. The number of hydrogen-bond acceptors (Lipinski definition) is 4. The number of nitrogens with zero attached hydrogens (tertiary/aromatic N) is 1. The highest BCUT2D eigenvalue weighted by molar-refractivity contribution is 7.89. The zero-order valence-corrected chi connectivity index (χ0v) is 12.2. The van der Waals surface area contributed by atoms with E-state index in [4.69, 9.17) is 5.73 Å². The molecular weight excluding hydrogens is 269 g/mol. The number of nitrogens with two attached hydrogens (primary N) is 1. The first-order valence-electron chi connectivity index (χ1n) is 5.97. The molecule has 1 rings (SSSR count). The van der Waals surface area contributed by atoms with Crippen LogP contribution in [-0.2, 0) is 10.0 Å². The average molecular weight is 289 g/mol. The lowest BCUT2D eigenvalue weighted by Crippen LogP contribution is -2.39.